The van der Waals surface area contributed by atoms with Gasteiger partial charge in [0, 0.05) is 37.3 Å². The van der Waals surface area contributed by atoms with Crippen LogP contribution in [0, 0.1) is 0 Å². The SMILES string of the molecule is CC(CNC(=O)c1ccc2c(c1)C(=O)N(C1CCCCC1)C2=O)N1CCOCC1. The molecule has 1 aliphatic carbocycles. The molecule has 1 aromatic rings. The number of imide groups is 1. The maximum atomic E-state index is 12.9. The van der Waals surface area contributed by atoms with Crippen LogP contribution in [0.2, 0.25) is 0 Å². The molecule has 7 heteroatoms. The zero-order valence-electron chi connectivity index (χ0n) is 17.0. The van der Waals surface area contributed by atoms with Gasteiger partial charge in [-0.15, -0.1) is 0 Å². The molecule has 3 amide bonds. The van der Waals surface area contributed by atoms with E-state index >= 15 is 0 Å². The van der Waals surface area contributed by atoms with Gasteiger partial charge in [-0.3, -0.25) is 24.2 Å². The third-order valence-electron chi connectivity index (χ3n) is 6.35. The maximum Gasteiger partial charge on any atom is 0.261 e. The molecule has 2 fully saturated rings. The molecule has 2 aliphatic heterocycles. The molecule has 0 aromatic heterocycles. The summed E-state index contributed by atoms with van der Waals surface area (Å²) in [6, 6.07) is 5.04. The minimum absolute atomic E-state index is 0.0113. The second-order valence-corrected chi connectivity index (χ2v) is 8.24. The maximum absolute atomic E-state index is 12.9. The summed E-state index contributed by atoms with van der Waals surface area (Å²) in [6.45, 7) is 5.77. The lowest BCUT2D eigenvalue weighted by atomic mass is 9.94. The van der Waals surface area contributed by atoms with Crippen LogP contribution in [0.1, 0.15) is 70.1 Å². The fourth-order valence-corrected chi connectivity index (χ4v) is 4.56. The number of benzene rings is 1. The van der Waals surface area contributed by atoms with Crippen molar-refractivity contribution in [3.63, 3.8) is 0 Å². The molecule has 1 unspecified atom stereocenters. The zero-order chi connectivity index (χ0) is 20.4. The molecule has 1 saturated heterocycles. The lowest BCUT2D eigenvalue weighted by Gasteiger charge is -2.32. The predicted octanol–water partition coefficient (Wildman–Crippen LogP) is 2.07. The predicted molar refractivity (Wildman–Crippen MR) is 108 cm³/mol. The number of rotatable bonds is 5. The molecular formula is C22H29N3O4. The molecule has 3 aliphatic rings. The number of amides is 3. The Kier molecular flexibility index (Phi) is 5.96. The number of hydrogen-bond donors (Lipinski definition) is 1. The molecule has 0 radical (unpaired) electrons. The standard InChI is InChI=1S/C22H29N3O4/c1-15(24-9-11-29-12-10-24)14-23-20(26)16-7-8-18-19(13-16)22(28)25(21(18)27)17-5-3-2-4-6-17/h7-8,13,15,17H,2-6,9-12,14H2,1H3,(H,23,26). The van der Waals surface area contributed by atoms with Gasteiger partial charge < -0.3 is 10.1 Å². The number of nitrogens with one attached hydrogen (secondary N) is 1. The van der Waals surface area contributed by atoms with Crippen LogP contribution in [0.4, 0.5) is 0 Å². The van der Waals surface area contributed by atoms with Crippen molar-refractivity contribution < 1.29 is 19.1 Å². The quantitative estimate of drug-likeness (QED) is 0.767. The molecule has 1 aromatic carbocycles. The van der Waals surface area contributed by atoms with Gasteiger partial charge in [-0.25, -0.2) is 0 Å². The summed E-state index contributed by atoms with van der Waals surface area (Å²) in [4.78, 5) is 42.0. The number of carbonyl (C=O) groups excluding carboxylic acids is 3. The van der Waals surface area contributed by atoms with Crippen molar-refractivity contribution in [1.82, 2.24) is 15.1 Å². The Labute approximate surface area is 171 Å². The van der Waals surface area contributed by atoms with E-state index in [4.69, 9.17) is 4.74 Å². The van der Waals surface area contributed by atoms with Crippen molar-refractivity contribution in [1.29, 1.82) is 0 Å². The van der Waals surface area contributed by atoms with Gasteiger partial charge in [0.2, 0.25) is 0 Å². The number of morpholine rings is 1. The third-order valence-corrected chi connectivity index (χ3v) is 6.35. The Bertz CT molecular complexity index is 797. The summed E-state index contributed by atoms with van der Waals surface area (Å²) in [5.41, 5.74) is 1.19. The molecule has 156 valence electrons. The lowest BCUT2D eigenvalue weighted by molar-refractivity contribution is 0.0204. The van der Waals surface area contributed by atoms with Crippen molar-refractivity contribution in [2.24, 2.45) is 0 Å². The Balaban J connectivity index is 1.42. The highest BCUT2D eigenvalue weighted by atomic mass is 16.5. The second-order valence-electron chi connectivity index (χ2n) is 8.24. The number of carbonyl (C=O) groups is 3. The fraction of sp³-hybridized carbons (Fsp3) is 0.591. The summed E-state index contributed by atoms with van der Waals surface area (Å²) in [5, 5.41) is 2.96. The number of ether oxygens (including phenoxy) is 1. The molecule has 0 bridgehead atoms. The second kappa shape index (κ2) is 8.63. The van der Waals surface area contributed by atoms with Crippen LogP contribution in [-0.4, -0.2) is 72.5 Å². The van der Waals surface area contributed by atoms with E-state index in [1.54, 1.807) is 18.2 Å². The first-order chi connectivity index (χ1) is 14.1. The third kappa shape index (κ3) is 4.07. The minimum Gasteiger partial charge on any atom is -0.379 e. The Hall–Kier alpha value is -2.25. The van der Waals surface area contributed by atoms with Crippen LogP contribution in [-0.2, 0) is 4.74 Å². The van der Waals surface area contributed by atoms with Gasteiger partial charge in [-0.2, -0.15) is 0 Å². The lowest BCUT2D eigenvalue weighted by Crippen LogP contribution is -2.47. The molecule has 2 heterocycles. The normalized spacial score (nSPS) is 21.9. The summed E-state index contributed by atoms with van der Waals surface area (Å²) in [6.07, 6.45) is 5.00. The Morgan fingerprint density at radius 1 is 1.10 bits per heavy atom. The van der Waals surface area contributed by atoms with Crippen molar-refractivity contribution in [3.8, 4) is 0 Å². The van der Waals surface area contributed by atoms with Crippen molar-refractivity contribution in [2.45, 2.75) is 51.1 Å². The first kappa shape index (κ1) is 20.0. The van der Waals surface area contributed by atoms with E-state index in [-0.39, 0.29) is 29.8 Å². The van der Waals surface area contributed by atoms with E-state index < -0.39 is 0 Å². The highest BCUT2D eigenvalue weighted by Gasteiger charge is 2.40. The van der Waals surface area contributed by atoms with E-state index in [1.165, 1.54) is 4.90 Å². The Morgan fingerprint density at radius 2 is 1.79 bits per heavy atom. The molecular weight excluding hydrogens is 370 g/mol. The number of nitrogens with zero attached hydrogens (tertiary/aromatic N) is 2. The zero-order valence-corrected chi connectivity index (χ0v) is 17.0. The van der Waals surface area contributed by atoms with Gasteiger partial charge in [0.05, 0.1) is 24.3 Å². The van der Waals surface area contributed by atoms with Gasteiger partial charge in [0.15, 0.2) is 0 Å². The smallest absolute Gasteiger partial charge is 0.261 e. The van der Waals surface area contributed by atoms with Gasteiger partial charge in [0.25, 0.3) is 17.7 Å². The molecule has 7 nitrogen and oxygen atoms in total. The van der Waals surface area contributed by atoms with E-state index in [0.717, 1.165) is 58.4 Å². The molecule has 29 heavy (non-hydrogen) atoms. The number of fused-ring (bicyclic) bond motifs is 1. The van der Waals surface area contributed by atoms with E-state index in [2.05, 4.69) is 17.1 Å². The van der Waals surface area contributed by atoms with E-state index in [0.29, 0.717) is 23.2 Å². The van der Waals surface area contributed by atoms with Crippen LogP contribution in [0.3, 0.4) is 0 Å². The summed E-state index contributed by atoms with van der Waals surface area (Å²) < 4.78 is 5.37. The highest BCUT2D eigenvalue weighted by molar-refractivity contribution is 6.22. The molecule has 1 atom stereocenters. The van der Waals surface area contributed by atoms with Crippen LogP contribution in [0.25, 0.3) is 0 Å². The van der Waals surface area contributed by atoms with Crippen LogP contribution in [0.5, 0.6) is 0 Å². The topological polar surface area (TPSA) is 79.0 Å². The first-order valence-corrected chi connectivity index (χ1v) is 10.7. The molecule has 0 spiro atoms. The van der Waals surface area contributed by atoms with Crippen molar-refractivity contribution in [3.05, 3.63) is 34.9 Å². The van der Waals surface area contributed by atoms with Gasteiger partial charge in [0.1, 0.15) is 0 Å². The summed E-state index contributed by atoms with van der Waals surface area (Å²) in [5.74, 6) is -0.692. The van der Waals surface area contributed by atoms with Crippen molar-refractivity contribution in [2.75, 3.05) is 32.8 Å². The van der Waals surface area contributed by atoms with E-state index in [9.17, 15) is 14.4 Å². The van der Waals surface area contributed by atoms with Crippen molar-refractivity contribution >= 4 is 17.7 Å². The largest absolute Gasteiger partial charge is 0.379 e. The molecule has 1 saturated carbocycles. The van der Waals surface area contributed by atoms with Gasteiger partial charge in [-0.05, 0) is 38.0 Å². The molecule has 4 rings (SSSR count). The van der Waals surface area contributed by atoms with Crippen LogP contribution in [0.15, 0.2) is 18.2 Å². The average molecular weight is 399 g/mol. The van der Waals surface area contributed by atoms with E-state index in [1.807, 2.05) is 0 Å². The molecule has 1 N–H and O–H groups in total. The fourth-order valence-electron chi connectivity index (χ4n) is 4.56. The summed E-state index contributed by atoms with van der Waals surface area (Å²) in [7, 11) is 0. The Morgan fingerprint density at radius 3 is 2.52 bits per heavy atom. The minimum atomic E-state index is -0.256. The first-order valence-electron chi connectivity index (χ1n) is 10.7. The highest BCUT2D eigenvalue weighted by Crippen LogP contribution is 2.31. The van der Waals surface area contributed by atoms with Crippen LogP contribution >= 0.6 is 0 Å². The monoisotopic (exact) mass is 399 g/mol. The van der Waals surface area contributed by atoms with Gasteiger partial charge in [-0.1, -0.05) is 19.3 Å². The summed E-state index contributed by atoms with van der Waals surface area (Å²) >= 11 is 0. The van der Waals surface area contributed by atoms with Crippen LogP contribution < -0.4 is 5.32 Å². The van der Waals surface area contributed by atoms with Gasteiger partial charge >= 0.3 is 0 Å². The average Bonchev–Trinajstić information content (AvgIpc) is 3.02. The number of hydrogen-bond acceptors (Lipinski definition) is 5.